The highest BCUT2D eigenvalue weighted by molar-refractivity contribution is 5.89. The summed E-state index contributed by atoms with van der Waals surface area (Å²) < 4.78 is 19.8. The third-order valence-electron chi connectivity index (χ3n) is 2.49. The molecule has 7 nitrogen and oxygen atoms in total. The zero-order chi connectivity index (χ0) is 14.5. The summed E-state index contributed by atoms with van der Waals surface area (Å²) in [5, 5.41) is 14.4. The summed E-state index contributed by atoms with van der Waals surface area (Å²) >= 11 is 0. The van der Waals surface area contributed by atoms with Gasteiger partial charge in [-0.2, -0.15) is 9.49 Å². The highest BCUT2D eigenvalue weighted by atomic mass is 19.1. The van der Waals surface area contributed by atoms with Crippen molar-refractivity contribution in [2.75, 3.05) is 6.61 Å². The lowest BCUT2D eigenvalue weighted by atomic mass is 10.2. The van der Waals surface area contributed by atoms with E-state index in [4.69, 9.17) is 4.74 Å². The van der Waals surface area contributed by atoms with Gasteiger partial charge >= 0.3 is 11.7 Å². The monoisotopic (exact) mass is 279 g/mol. The van der Waals surface area contributed by atoms with Crippen LogP contribution in [0.2, 0.25) is 0 Å². The van der Waals surface area contributed by atoms with Gasteiger partial charge in [0.05, 0.1) is 17.0 Å². The van der Waals surface area contributed by atoms with Gasteiger partial charge in [0.15, 0.2) is 0 Å². The van der Waals surface area contributed by atoms with Crippen LogP contribution in [0, 0.1) is 15.9 Å². The third kappa shape index (κ3) is 3.16. The van der Waals surface area contributed by atoms with Crippen LogP contribution in [-0.2, 0) is 11.3 Å². The molecule has 8 heteroatoms. The molecule has 0 radical (unpaired) electrons. The first-order valence-electron chi connectivity index (χ1n) is 5.66. The summed E-state index contributed by atoms with van der Waals surface area (Å²) in [6.07, 6.45) is 3.30. The van der Waals surface area contributed by atoms with Gasteiger partial charge in [-0.05, 0) is 18.2 Å². The molecule has 1 heterocycles. The van der Waals surface area contributed by atoms with Crippen LogP contribution >= 0.6 is 0 Å². The molecule has 0 saturated carbocycles. The number of carbonyl (C=O) groups is 1. The van der Waals surface area contributed by atoms with Gasteiger partial charge in [-0.25, -0.2) is 4.79 Å². The van der Waals surface area contributed by atoms with Crippen molar-refractivity contribution in [2.45, 2.75) is 6.54 Å². The summed E-state index contributed by atoms with van der Waals surface area (Å²) in [5.41, 5.74) is -0.758. The summed E-state index contributed by atoms with van der Waals surface area (Å²) in [6.45, 7) is 0.438. The van der Waals surface area contributed by atoms with E-state index in [-0.39, 0.29) is 12.2 Å². The Balaban J connectivity index is 1.95. The Morgan fingerprint density at radius 2 is 2.30 bits per heavy atom. The normalized spacial score (nSPS) is 10.2. The van der Waals surface area contributed by atoms with Gasteiger partial charge in [-0.3, -0.25) is 14.8 Å². The van der Waals surface area contributed by atoms with Crippen molar-refractivity contribution in [2.24, 2.45) is 0 Å². The predicted molar refractivity (Wildman–Crippen MR) is 65.6 cm³/mol. The molecule has 0 aliphatic carbocycles. The van der Waals surface area contributed by atoms with Crippen LogP contribution in [-0.4, -0.2) is 27.3 Å². The van der Waals surface area contributed by atoms with Crippen LogP contribution in [0.5, 0.6) is 0 Å². The minimum Gasteiger partial charge on any atom is -0.460 e. The number of hydrogen-bond donors (Lipinski definition) is 0. The van der Waals surface area contributed by atoms with Gasteiger partial charge in [-0.15, -0.1) is 0 Å². The topological polar surface area (TPSA) is 87.3 Å². The largest absolute Gasteiger partial charge is 0.460 e. The molecule has 0 unspecified atom stereocenters. The maximum Gasteiger partial charge on any atom is 0.338 e. The zero-order valence-corrected chi connectivity index (χ0v) is 10.2. The predicted octanol–water partition coefficient (Wildman–Crippen LogP) is 1.79. The van der Waals surface area contributed by atoms with E-state index in [1.165, 1.54) is 0 Å². The van der Waals surface area contributed by atoms with Crippen LogP contribution < -0.4 is 0 Å². The Morgan fingerprint density at radius 1 is 1.50 bits per heavy atom. The number of esters is 1. The van der Waals surface area contributed by atoms with Gasteiger partial charge in [0.1, 0.15) is 6.61 Å². The van der Waals surface area contributed by atoms with E-state index >= 15 is 0 Å². The fourth-order valence-electron chi connectivity index (χ4n) is 1.53. The zero-order valence-electron chi connectivity index (χ0n) is 10.2. The van der Waals surface area contributed by atoms with E-state index in [2.05, 4.69) is 5.10 Å². The number of carbonyl (C=O) groups excluding carboxylic acids is 1. The van der Waals surface area contributed by atoms with Crippen molar-refractivity contribution in [3.05, 3.63) is 58.2 Å². The SMILES string of the molecule is O=C(OCCn1cccn1)c1ccc([N+](=O)[O-])c(F)c1. The van der Waals surface area contributed by atoms with E-state index < -0.39 is 22.4 Å². The quantitative estimate of drug-likeness (QED) is 0.473. The van der Waals surface area contributed by atoms with Crippen LogP contribution in [0.4, 0.5) is 10.1 Å². The number of nitro groups is 1. The molecule has 1 aromatic heterocycles. The second-order valence-electron chi connectivity index (χ2n) is 3.83. The van der Waals surface area contributed by atoms with Crippen LogP contribution in [0.3, 0.4) is 0 Å². The minimum atomic E-state index is -1.07. The lowest BCUT2D eigenvalue weighted by Gasteiger charge is -2.05. The van der Waals surface area contributed by atoms with E-state index in [0.29, 0.717) is 6.54 Å². The first kappa shape index (κ1) is 13.7. The Labute approximate surface area is 112 Å². The van der Waals surface area contributed by atoms with Gasteiger partial charge in [0.25, 0.3) is 0 Å². The Bertz CT molecular complexity index is 628. The fourth-order valence-corrected chi connectivity index (χ4v) is 1.53. The van der Waals surface area contributed by atoms with Crippen molar-refractivity contribution in [3.8, 4) is 0 Å². The summed E-state index contributed by atoms with van der Waals surface area (Å²) in [4.78, 5) is 21.2. The van der Waals surface area contributed by atoms with Crippen molar-refractivity contribution in [1.29, 1.82) is 0 Å². The number of benzene rings is 1. The Kier molecular flexibility index (Phi) is 4.04. The number of hydrogen-bond acceptors (Lipinski definition) is 5. The van der Waals surface area contributed by atoms with Crippen molar-refractivity contribution in [1.82, 2.24) is 9.78 Å². The van der Waals surface area contributed by atoms with Crippen molar-refractivity contribution in [3.63, 3.8) is 0 Å². The second-order valence-corrected chi connectivity index (χ2v) is 3.83. The molecular weight excluding hydrogens is 269 g/mol. The highest BCUT2D eigenvalue weighted by Crippen LogP contribution is 2.18. The van der Waals surface area contributed by atoms with Gasteiger partial charge < -0.3 is 4.74 Å². The van der Waals surface area contributed by atoms with E-state index in [1.807, 2.05) is 0 Å². The number of nitro benzene ring substituents is 1. The second kappa shape index (κ2) is 5.91. The molecule has 0 N–H and O–H groups in total. The van der Waals surface area contributed by atoms with Crippen LogP contribution in [0.15, 0.2) is 36.7 Å². The summed E-state index contributed by atoms with van der Waals surface area (Å²) in [6, 6.07) is 4.60. The molecule has 2 rings (SSSR count). The number of nitrogens with zero attached hydrogens (tertiary/aromatic N) is 3. The lowest BCUT2D eigenvalue weighted by Crippen LogP contribution is -2.12. The molecule has 0 fully saturated rings. The minimum absolute atomic E-state index is 0.0686. The number of ether oxygens (including phenoxy) is 1. The number of halogens is 1. The molecule has 104 valence electrons. The third-order valence-corrected chi connectivity index (χ3v) is 2.49. The molecule has 2 aromatic rings. The number of aromatic nitrogens is 2. The van der Waals surface area contributed by atoms with E-state index in [9.17, 15) is 19.3 Å². The molecule has 0 aliphatic heterocycles. The van der Waals surface area contributed by atoms with Gasteiger partial charge in [0.2, 0.25) is 5.82 Å². The number of rotatable bonds is 5. The molecule has 0 bridgehead atoms. The Hall–Kier alpha value is -2.77. The highest BCUT2D eigenvalue weighted by Gasteiger charge is 2.17. The molecule has 0 amide bonds. The van der Waals surface area contributed by atoms with E-state index in [1.54, 1.807) is 23.1 Å². The molecule has 1 aromatic carbocycles. The van der Waals surface area contributed by atoms with Crippen LogP contribution in [0.25, 0.3) is 0 Å². The summed E-state index contributed by atoms with van der Waals surface area (Å²) in [7, 11) is 0. The molecule has 0 saturated heterocycles. The van der Waals surface area contributed by atoms with E-state index in [0.717, 1.165) is 18.2 Å². The average molecular weight is 279 g/mol. The van der Waals surface area contributed by atoms with Crippen LogP contribution in [0.1, 0.15) is 10.4 Å². The smallest absolute Gasteiger partial charge is 0.338 e. The van der Waals surface area contributed by atoms with Crippen molar-refractivity contribution < 1.29 is 18.8 Å². The van der Waals surface area contributed by atoms with Crippen molar-refractivity contribution >= 4 is 11.7 Å². The molecule has 0 spiro atoms. The lowest BCUT2D eigenvalue weighted by molar-refractivity contribution is -0.387. The maximum atomic E-state index is 13.3. The molecule has 0 atom stereocenters. The van der Waals surface area contributed by atoms with Gasteiger partial charge in [0, 0.05) is 18.5 Å². The fraction of sp³-hybridized carbons (Fsp3) is 0.167. The maximum absolute atomic E-state index is 13.3. The summed E-state index contributed by atoms with van der Waals surface area (Å²) in [5.74, 6) is -1.82. The first-order chi connectivity index (χ1) is 9.58. The Morgan fingerprint density at radius 3 is 2.90 bits per heavy atom. The average Bonchev–Trinajstić information content (AvgIpc) is 2.91. The molecule has 0 aliphatic rings. The molecule has 20 heavy (non-hydrogen) atoms. The van der Waals surface area contributed by atoms with Gasteiger partial charge in [-0.1, -0.05) is 0 Å². The molecular formula is C12H10FN3O4. The first-order valence-corrected chi connectivity index (χ1v) is 5.66. The standard InChI is InChI=1S/C12H10FN3O4/c13-10-8-9(2-3-11(10)16(18)19)12(17)20-7-6-15-5-1-4-14-15/h1-5,8H,6-7H2.